The number of hydrogen-bond acceptors (Lipinski definition) is 5. The average molecular weight is 302 g/mol. The third-order valence-corrected chi connectivity index (χ3v) is 4.37. The van der Waals surface area contributed by atoms with Crippen LogP contribution < -0.4 is 0 Å². The number of ether oxygens (including phenoxy) is 1. The third kappa shape index (κ3) is 2.97. The van der Waals surface area contributed by atoms with Crippen LogP contribution in [-0.2, 0) is 11.2 Å². The zero-order valence-corrected chi connectivity index (χ0v) is 13.2. The van der Waals surface area contributed by atoms with Crippen LogP contribution in [0.4, 0.5) is 0 Å². The first kappa shape index (κ1) is 15.0. The van der Waals surface area contributed by atoms with Gasteiger partial charge in [-0.05, 0) is 38.1 Å². The van der Waals surface area contributed by atoms with Gasteiger partial charge in [0, 0.05) is 18.7 Å². The molecule has 1 aliphatic heterocycles. The normalized spacial score (nSPS) is 19.5. The number of aromatic nitrogens is 3. The van der Waals surface area contributed by atoms with Crippen LogP contribution in [0.2, 0.25) is 0 Å². The Morgan fingerprint density at radius 2 is 2.27 bits per heavy atom. The lowest BCUT2D eigenvalue weighted by atomic mass is 9.99. The molecule has 0 aliphatic carbocycles. The molecule has 0 aromatic carbocycles. The molecule has 0 amide bonds. The number of methoxy groups -OCH3 is 1. The van der Waals surface area contributed by atoms with Crippen molar-refractivity contribution in [1.82, 2.24) is 19.5 Å². The number of piperidine rings is 1. The zero-order chi connectivity index (χ0) is 15.5. The van der Waals surface area contributed by atoms with Gasteiger partial charge in [-0.2, -0.15) is 5.10 Å². The van der Waals surface area contributed by atoms with E-state index in [1.54, 1.807) is 22.8 Å². The van der Waals surface area contributed by atoms with Crippen molar-refractivity contribution in [2.24, 2.45) is 0 Å². The molecule has 2 aromatic heterocycles. The van der Waals surface area contributed by atoms with Gasteiger partial charge in [0.1, 0.15) is 0 Å². The van der Waals surface area contributed by atoms with Crippen molar-refractivity contribution in [1.29, 1.82) is 0 Å². The van der Waals surface area contributed by atoms with Crippen molar-refractivity contribution in [2.45, 2.75) is 38.6 Å². The van der Waals surface area contributed by atoms with E-state index in [9.17, 15) is 4.79 Å². The van der Waals surface area contributed by atoms with Crippen LogP contribution in [0.1, 0.15) is 42.4 Å². The molecular formula is C16H22N4O2. The number of carbonyl (C=O) groups is 1. The first-order valence-corrected chi connectivity index (χ1v) is 7.89. The SMILES string of the molecule is CCN1CCCCC1Cc1nc2ccc(C(=O)OC)cn2n1. The number of nitrogens with zero attached hydrogens (tertiary/aromatic N) is 4. The maximum atomic E-state index is 11.6. The molecule has 0 saturated carbocycles. The van der Waals surface area contributed by atoms with Crippen LogP contribution in [-0.4, -0.2) is 51.7 Å². The summed E-state index contributed by atoms with van der Waals surface area (Å²) in [5.41, 5.74) is 1.25. The summed E-state index contributed by atoms with van der Waals surface area (Å²) in [6.07, 6.45) is 6.31. The lowest BCUT2D eigenvalue weighted by molar-refractivity contribution is 0.0600. The minimum absolute atomic E-state index is 0.358. The maximum absolute atomic E-state index is 11.6. The molecule has 22 heavy (non-hydrogen) atoms. The molecule has 0 radical (unpaired) electrons. The van der Waals surface area contributed by atoms with Crippen LogP contribution in [0.5, 0.6) is 0 Å². The summed E-state index contributed by atoms with van der Waals surface area (Å²) in [7, 11) is 1.38. The Morgan fingerprint density at radius 1 is 1.41 bits per heavy atom. The van der Waals surface area contributed by atoms with E-state index >= 15 is 0 Å². The number of esters is 1. The number of hydrogen-bond donors (Lipinski definition) is 0. The molecule has 0 spiro atoms. The summed E-state index contributed by atoms with van der Waals surface area (Å²) in [6.45, 7) is 4.45. The molecule has 3 heterocycles. The molecule has 2 aromatic rings. The van der Waals surface area contributed by atoms with Gasteiger partial charge in [0.15, 0.2) is 11.5 Å². The summed E-state index contributed by atoms with van der Waals surface area (Å²) in [5, 5.41) is 4.52. The second kappa shape index (κ2) is 6.44. The number of carbonyl (C=O) groups excluding carboxylic acids is 1. The summed E-state index contributed by atoms with van der Waals surface area (Å²) in [6, 6.07) is 4.05. The van der Waals surface area contributed by atoms with Gasteiger partial charge in [-0.1, -0.05) is 13.3 Å². The minimum Gasteiger partial charge on any atom is -0.465 e. The summed E-state index contributed by atoms with van der Waals surface area (Å²) < 4.78 is 6.40. The first-order valence-electron chi connectivity index (χ1n) is 7.89. The molecule has 6 nitrogen and oxygen atoms in total. The van der Waals surface area contributed by atoms with Crippen molar-refractivity contribution >= 4 is 11.6 Å². The topological polar surface area (TPSA) is 59.7 Å². The Morgan fingerprint density at radius 3 is 3.05 bits per heavy atom. The van der Waals surface area contributed by atoms with E-state index in [0.717, 1.165) is 24.4 Å². The Bertz CT molecular complexity index is 667. The van der Waals surface area contributed by atoms with Gasteiger partial charge < -0.3 is 9.64 Å². The Balaban J connectivity index is 1.81. The highest BCUT2D eigenvalue weighted by atomic mass is 16.5. The fourth-order valence-corrected chi connectivity index (χ4v) is 3.17. The van der Waals surface area contributed by atoms with Crippen LogP contribution in [0.3, 0.4) is 0 Å². The van der Waals surface area contributed by atoms with Crippen molar-refractivity contribution in [3.8, 4) is 0 Å². The molecule has 1 atom stereocenters. The van der Waals surface area contributed by atoms with Gasteiger partial charge in [-0.15, -0.1) is 0 Å². The van der Waals surface area contributed by atoms with Crippen LogP contribution >= 0.6 is 0 Å². The molecule has 118 valence electrons. The van der Waals surface area contributed by atoms with Crippen molar-refractivity contribution in [2.75, 3.05) is 20.2 Å². The molecule has 1 fully saturated rings. The summed E-state index contributed by atoms with van der Waals surface area (Å²) in [5.74, 6) is 0.482. The van der Waals surface area contributed by atoms with Crippen LogP contribution in [0, 0.1) is 0 Å². The molecule has 1 aliphatic rings. The first-order chi connectivity index (χ1) is 10.7. The summed E-state index contributed by atoms with van der Waals surface area (Å²) in [4.78, 5) is 18.7. The lowest BCUT2D eigenvalue weighted by Crippen LogP contribution is -2.40. The average Bonchev–Trinajstić information content (AvgIpc) is 2.95. The number of likely N-dealkylation sites (tertiary alicyclic amines) is 1. The van der Waals surface area contributed by atoms with E-state index < -0.39 is 0 Å². The second-order valence-electron chi connectivity index (χ2n) is 5.72. The van der Waals surface area contributed by atoms with E-state index in [2.05, 4.69) is 21.9 Å². The van der Waals surface area contributed by atoms with Gasteiger partial charge in [-0.3, -0.25) is 0 Å². The smallest absolute Gasteiger partial charge is 0.339 e. The lowest BCUT2D eigenvalue weighted by Gasteiger charge is -2.34. The largest absolute Gasteiger partial charge is 0.465 e. The van der Waals surface area contributed by atoms with Gasteiger partial charge >= 0.3 is 5.97 Å². The molecule has 6 heteroatoms. The van der Waals surface area contributed by atoms with Gasteiger partial charge in [0.2, 0.25) is 0 Å². The van der Waals surface area contributed by atoms with E-state index in [0.29, 0.717) is 11.6 Å². The minimum atomic E-state index is -0.358. The Kier molecular flexibility index (Phi) is 4.38. The monoisotopic (exact) mass is 302 g/mol. The van der Waals surface area contributed by atoms with Crippen molar-refractivity contribution in [3.05, 3.63) is 29.7 Å². The highest BCUT2D eigenvalue weighted by Gasteiger charge is 2.22. The number of fused-ring (bicyclic) bond motifs is 1. The molecular weight excluding hydrogens is 280 g/mol. The van der Waals surface area contributed by atoms with E-state index in [-0.39, 0.29) is 5.97 Å². The highest BCUT2D eigenvalue weighted by molar-refractivity contribution is 5.89. The van der Waals surface area contributed by atoms with E-state index in [4.69, 9.17) is 4.74 Å². The van der Waals surface area contributed by atoms with Gasteiger partial charge in [0.05, 0.1) is 12.7 Å². The number of pyridine rings is 1. The van der Waals surface area contributed by atoms with Gasteiger partial charge in [0.25, 0.3) is 0 Å². The Labute approximate surface area is 130 Å². The van der Waals surface area contributed by atoms with Crippen molar-refractivity contribution in [3.63, 3.8) is 0 Å². The predicted molar refractivity (Wildman–Crippen MR) is 82.9 cm³/mol. The summed E-state index contributed by atoms with van der Waals surface area (Å²) >= 11 is 0. The molecule has 1 saturated heterocycles. The van der Waals surface area contributed by atoms with E-state index in [1.165, 1.54) is 32.9 Å². The Hall–Kier alpha value is -1.95. The van der Waals surface area contributed by atoms with Gasteiger partial charge in [-0.25, -0.2) is 14.3 Å². The number of likely N-dealkylation sites (N-methyl/N-ethyl adjacent to an activating group) is 1. The fourth-order valence-electron chi connectivity index (χ4n) is 3.17. The number of rotatable bonds is 4. The van der Waals surface area contributed by atoms with Crippen LogP contribution in [0.15, 0.2) is 18.3 Å². The van der Waals surface area contributed by atoms with Crippen molar-refractivity contribution < 1.29 is 9.53 Å². The molecule has 0 N–H and O–H groups in total. The standard InChI is InChI=1S/C16H22N4O2/c1-3-19-9-5-4-6-13(19)10-14-17-15-8-7-12(16(21)22-2)11-20(15)18-14/h7-8,11,13H,3-6,9-10H2,1-2H3. The maximum Gasteiger partial charge on any atom is 0.339 e. The predicted octanol–water partition coefficient (Wildman–Crippen LogP) is 1.93. The highest BCUT2D eigenvalue weighted by Crippen LogP contribution is 2.19. The quantitative estimate of drug-likeness (QED) is 0.808. The second-order valence-corrected chi connectivity index (χ2v) is 5.72. The van der Waals surface area contributed by atoms with E-state index in [1.807, 2.05) is 0 Å². The van der Waals surface area contributed by atoms with Crippen LogP contribution in [0.25, 0.3) is 5.65 Å². The zero-order valence-electron chi connectivity index (χ0n) is 13.2. The molecule has 0 bridgehead atoms. The fraction of sp³-hybridized carbons (Fsp3) is 0.562. The molecule has 1 unspecified atom stereocenters. The molecule has 3 rings (SSSR count). The third-order valence-electron chi connectivity index (χ3n) is 4.37.